The minimum absolute atomic E-state index is 0.343. The summed E-state index contributed by atoms with van der Waals surface area (Å²) < 4.78 is 13.9. The lowest BCUT2D eigenvalue weighted by atomic mass is 9.60. The van der Waals surface area contributed by atoms with E-state index in [1.165, 1.54) is 31.3 Å². The van der Waals surface area contributed by atoms with E-state index in [1.807, 2.05) is 0 Å². The number of alkyl halides is 1. The van der Waals surface area contributed by atoms with Gasteiger partial charge in [-0.1, -0.05) is 51.0 Å². The van der Waals surface area contributed by atoms with Crippen molar-refractivity contribution in [3.05, 3.63) is 35.5 Å². The number of allylic oxidation sites excluding steroid dienone is 3. The van der Waals surface area contributed by atoms with Crippen LogP contribution in [0.1, 0.15) is 91.9 Å². The molecule has 3 fully saturated rings. The van der Waals surface area contributed by atoms with Gasteiger partial charge in [0.1, 0.15) is 5.67 Å². The molecule has 0 amide bonds. The van der Waals surface area contributed by atoms with E-state index in [0.29, 0.717) is 36.5 Å². The standard InChI is InChI=1S/C27H43FO2/c1-18(8-6-14-26(3,4)28)23-12-13-24-20(9-7-15-27(23,24)5)10-11-21-16-22(29)17-25(30)19(21)2/h10-11,18,22-25,29-30H,2,6-9,12-17H2,1,3-5H3/b20-10+,21-11-. The van der Waals surface area contributed by atoms with Crippen molar-refractivity contribution in [2.75, 3.05) is 0 Å². The van der Waals surface area contributed by atoms with Gasteiger partial charge in [0.2, 0.25) is 0 Å². The van der Waals surface area contributed by atoms with Gasteiger partial charge in [0.25, 0.3) is 0 Å². The van der Waals surface area contributed by atoms with Crippen molar-refractivity contribution in [1.82, 2.24) is 0 Å². The second-order valence-corrected chi connectivity index (χ2v) is 11.3. The summed E-state index contributed by atoms with van der Waals surface area (Å²) in [5, 5.41) is 20.1. The van der Waals surface area contributed by atoms with Crippen molar-refractivity contribution in [3.63, 3.8) is 0 Å². The molecule has 0 aliphatic heterocycles. The Morgan fingerprint density at radius 3 is 2.70 bits per heavy atom. The van der Waals surface area contributed by atoms with E-state index in [4.69, 9.17) is 0 Å². The molecule has 0 heterocycles. The Balaban J connectivity index is 1.70. The molecular formula is C27H43FO2. The predicted molar refractivity (Wildman–Crippen MR) is 123 cm³/mol. The van der Waals surface area contributed by atoms with Crippen LogP contribution in [0.15, 0.2) is 35.5 Å². The van der Waals surface area contributed by atoms with E-state index in [0.717, 1.165) is 36.3 Å². The number of aliphatic hydroxyl groups is 2. The summed E-state index contributed by atoms with van der Waals surface area (Å²) in [6, 6.07) is 0. The van der Waals surface area contributed by atoms with Crippen LogP contribution in [0, 0.1) is 23.2 Å². The summed E-state index contributed by atoms with van der Waals surface area (Å²) in [6.45, 7) is 12.3. The van der Waals surface area contributed by atoms with Crippen molar-refractivity contribution in [3.8, 4) is 0 Å². The molecule has 30 heavy (non-hydrogen) atoms. The van der Waals surface area contributed by atoms with Crippen molar-refractivity contribution in [1.29, 1.82) is 0 Å². The summed E-state index contributed by atoms with van der Waals surface area (Å²) >= 11 is 0. The molecule has 3 rings (SSSR count). The topological polar surface area (TPSA) is 40.5 Å². The van der Waals surface area contributed by atoms with E-state index in [1.54, 1.807) is 13.8 Å². The Kier molecular flexibility index (Phi) is 7.34. The Bertz CT molecular complexity index is 685. The van der Waals surface area contributed by atoms with Crippen LogP contribution in [0.3, 0.4) is 0 Å². The van der Waals surface area contributed by atoms with Crippen molar-refractivity contribution < 1.29 is 14.6 Å². The molecule has 170 valence electrons. The average Bonchev–Trinajstić information content (AvgIpc) is 3.00. The molecule has 0 bridgehead atoms. The van der Waals surface area contributed by atoms with Gasteiger partial charge < -0.3 is 10.2 Å². The normalized spacial score (nSPS) is 38.8. The quantitative estimate of drug-likeness (QED) is 0.505. The minimum atomic E-state index is -1.06. The molecule has 0 spiro atoms. The fraction of sp³-hybridized carbons (Fsp3) is 0.778. The van der Waals surface area contributed by atoms with Gasteiger partial charge in [0, 0.05) is 6.42 Å². The molecule has 0 radical (unpaired) electrons. The summed E-state index contributed by atoms with van der Waals surface area (Å²) in [5.41, 5.74) is 2.59. The molecule has 6 atom stereocenters. The summed E-state index contributed by atoms with van der Waals surface area (Å²) in [4.78, 5) is 0. The van der Waals surface area contributed by atoms with Crippen LogP contribution >= 0.6 is 0 Å². The zero-order valence-corrected chi connectivity index (χ0v) is 19.6. The highest BCUT2D eigenvalue weighted by Crippen LogP contribution is 2.60. The minimum Gasteiger partial charge on any atom is -0.393 e. The van der Waals surface area contributed by atoms with Crippen LogP contribution in [-0.2, 0) is 0 Å². The first kappa shape index (κ1) is 23.7. The van der Waals surface area contributed by atoms with Crippen LogP contribution in [0.2, 0.25) is 0 Å². The highest BCUT2D eigenvalue weighted by molar-refractivity contribution is 5.38. The van der Waals surface area contributed by atoms with Crippen LogP contribution in [0.25, 0.3) is 0 Å². The van der Waals surface area contributed by atoms with E-state index in [9.17, 15) is 14.6 Å². The molecule has 3 aliphatic rings. The molecule has 2 nitrogen and oxygen atoms in total. The fourth-order valence-electron chi connectivity index (χ4n) is 6.72. The first-order chi connectivity index (χ1) is 14.0. The molecule has 2 N–H and O–H groups in total. The fourth-order valence-corrected chi connectivity index (χ4v) is 6.72. The zero-order valence-electron chi connectivity index (χ0n) is 19.6. The molecule has 3 aliphatic carbocycles. The second kappa shape index (κ2) is 9.28. The lowest BCUT2D eigenvalue weighted by Crippen LogP contribution is -2.36. The zero-order chi connectivity index (χ0) is 22.1. The first-order valence-corrected chi connectivity index (χ1v) is 12.1. The third-order valence-corrected chi connectivity index (χ3v) is 8.42. The number of hydrogen-bond acceptors (Lipinski definition) is 2. The maximum absolute atomic E-state index is 13.9. The van der Waals surface area contributed by atoms with Gasteiger partial charge in [-0.2, -0.15) is 0 Å². The summed E-state index contributed by atoms with van der Waals surface area (Å²) in [7, 11) is 0. The van der Waals surface area contributed by atoms with Crippen LogP contribution in [0.5, 0.6) is 0 Å². The van der Waals surface area contributed by atoms with Gasteiger partial charge in [0.05, 0.1) is 12.2 Å². The number of fused-ring (bicyclic) bond motifs is 1. The highest BCUT2D eigenvalue weighted by Gasteiger charge is 2.50. The third-order valence-electron chi connectivity index (χ3n) is 8.42. The third kappa shape index (κ3) is 5.27. The number of aliphatic hydroxyl groups excluding tert-OH is 2. The smallest absolute Gasteiger partial charge is 0.105 e. The predicted octanol–water partition coefficient (Wildman–Crippen LogP) is 6.68. The molecule has 3 heteroatoms. The van der Waals surface area contributed by atoms with Crippen LogP contribution in [-0.4, -0.2) is 28.1 Å². The van der Waals surface area contributed by atoms with E-state index >= 15 is 0 Å². The lowest BCUT2D eigenvalue weighted by Gasteiger charge is -2.44. The van der Waals surface area contributed by atoms with Crippen LogP contribution < -0.4 is 0 Å². The Morgan fingerprint density at radius 2 is 2.00 bits per heavy atom. The van der Waals surface area contributed by atoms with Gasteiger partial charge >= 0.3 is 0 Å². The average molecular weight is 419 g/mol. The number of rotatable bonds is 6. The number of hydrogen-bond donors (Lipinski definition) is 2. The summed E-state index contributed by atoms with van der Waals surface area (Å²) in [6.07, 6.45) is 13.2. The van der Waals surface area contributed by atoms with Gasteiger partial charge in [-0.05, 0) is 93.1 Å². The SMILES string of the molecule is C=C1/C(=C\C=C2/CCCC3(C)C2CCC3C(C)CCCC(C)(C)F)CC(O)CC1O. The maximum atomic E-state index is 13.9. The van der Waals surface area contributed by atoms with Crippen LogP contribution in [0.4, 0.5) is 4.39 Å². The van der Waals surface area contributed by atoms with Crippen molar-refractivity contribution in [2.45, 2.75) is 110 Å². The lowest BCUT2D eigenvalue weighted by molar-refractivity contribution is 0.0860. The molecule has 0 aromatic rings. The molecule has 0 aromatic carbocycles. The monoisotopic (exact) mass is 418 g/mol. The largest absolute Gasteiger partial charge is 0.393 e. The van der Waals surface area contributed by atoms with E-state index in [2.05, 4.69) is 32.6 Å². The highest BCUT2D eigenvalue weighted by atomic mass is 19.1. The second-order valence-electron chi connectivity index (χ2n) is 11.3. The Labute approximate surface area is 183 Å². The van der Waals surface area contributed by atoms with E-state index in [-0.39, 0.29) is 0 Å². The maximum Gasteiger partial charge on any atom is 0.105 e. The molecule has 3 saturated carbocycles. The number of halogens is 1. The Morgan fingerprint density at radius 1 is 1.27 bits per heavy atom. The molecule has 0 saturated heterocycles. The van der Waals surface area contributed by atoms with Crippen molar-refractivity contribution >= 4 is 0 Å². The molecular weight excluding hydrogens is 375 g/mol. The van der Waals surface area contributed by atoms with Gasteiger partial charge in [0.15, 0.2) is 0 Å². The molecule has 6 unspecified atom stereocenters. The molecule has 0 aromatic heterocycles. The van der Waals surface area contributed by atoms with Gasteiger partial charge in [-0.3, -0.25) is 0 Å². The van der Waals surface area contributed by atoms with Gasteiger partial charge in [-0.25, -0.2) is 4.39 Å². The summed E-state index contributed by atoms with van der Waals surface area (Å²) in [5.74, 6) is 1.98. The Hall–Kier alpha value is -0.930. The van der Waals surface area contributed by atoms with E-state index < -0.39 is 17.9 Å². The van der Waals surface area contributed by atoms with Gasteiger partial charge in [-0.15, -0.1) is 0 Å². The first-order valence-electron chi connectivity index (χ1n) is 12.1. The van der Waals surface area contributed by atoms with Crippen molar-refractivity contribution in [2.24, 2.45) is 23.2 Å².